The zero-order chi connectivity index (χ0) is 21.0. The second kappa shape index (κ2) is 8.17. The summed E-state index contributed by atoms with van der Waals surface area (Å²) < 4.78 is 10.9. The summed E-state index contributed by atoms with van der Waals surface area (Å²) in [4.78, 5) is 34.6. The number of rotatable bonds is 6. The van der Waals surface area contributed by atoms with Crippen molar-refractivity contribution in [3.63, 3.8) is 0 Å². The van der Waals surface area contributed by atoms with E-state index < -0.39 is 23.7 Å². The van der Waals surface area contributed by atoms with Gasteiger partial charge in [-0.25, -0.2) is 19.6 Å². The van der Waals surface area contributed by atoms with Crippen LogP contribution in [0.1, 0.15) is 26.3 Å². The highest BCUT2D eigenvalue weighted by atomic mass is 16.6. The summed E-state index contributed by atoms with van der Waals surface area (Å²) in [6, 6.07) is 7.59. The molecule has 0 bridgehead atoms. The standard InChI is InChI=1S/C20H22N4O5/c1-20(2,3)29-19(27)24-15(18(25)26)10-12-4-6-13(7-5-12)28-17-14-8-9-21-16(14)22-11-23-17/h4-9,11,15H,10H2,1-3H3,(H,24,27)(H,25,26)(H,21,22,23)/t15-/m0/s1. The number of aliphatic carboxylic acids is 1. The van der Waals surface area contributed by atoms with Crippen molar-refractivity contribution >= 4 is 23.1 Å². The third kappa shape index (κ3) is 5.44. The molecule has 152 valence electrons. The Bertz CT molecular complexity index is 1010. The van der Waals surface area contributed by atoms with E-state index in [0.717, 1.165) is 10.9 Å². The van der Waals surface area contributed by atoms with Gasteiger partial charge in [0, 0.05) is 12.6 Å². The van der Waals surface area contributed by atoms with Crippen molar-refractivity contribution in [3.05, 3.63) is 48.4 Å². The number of hydrogen-bond donors (Lipinski definition) is 3. The Morgan fingerprint density at radius 3 is 2.55 bits per heavy atom. The zero-order valence-electron chi connectivity index (χ0n) is 16.3. The number of aromatic amines is 1. The molecule has 0 saturated carbocycles. The molecule has 0 unspecified atom stereocenters. The van der Waals surface area contributed by atoms with Crippen LogP contribution in [-0.2, 0) is 16.0 Å². The molecule has 0 fully saturated rings. The number of carboxylic acid groups (broad SMARTS) is 1. The van der Waals surface area contributed by atoms with E-state index in [-0.39, 0.29) is 6.42 Å². The maximum atomic E-state index is 11.9. The van der Waals surface area contributed by atoms with Crippen LogP contribution in [0.2, 0.25) is 0 Å². The first-order valence-electron chi connectivity index (χ1n) is 8.98. The van der Waals surface area contributed by atoms with E-state index in [9.17, 15) is 14.7 Å². The molecule has 1 atom stereocenters. The summed E-state index contributed by atoms with van der Waals surface area (Å²) in [7, 11) is 0. The van der Waals surface area contributed by atoms with Crippen LogP contribution in [0, 0.1) is 0 Å². The van der Waals surface area contributed by atoms with Gasteiger partial charge >= 0.3 is 12.1 Å². The molecule has 2 heterocycles. The normalized spacial score (nSPS) is 12.4. The minimum absolute atomic E-state index is 0.102. The minimum atomic E-state index is -1.15. The first-order valence-corrected chi connectivity index (χ1v) is 8.98. The highest BCUT2D eigenvalue weighted by Crippen LogP contribution is 2.26. The predicted molar refractivity (Wildman–Crippen MR) is 105 cm³/mol. The third-order valence-corrected chi connectivity index (χ3v) is 3.88. The number of amides is 1. The number of benzene rings is 1. The number of alkyl carbamates (subject to hydrolysis) is 1. The fourth-order valence-corrected chi connectivity index (χ4v) is 2.62. The number of carbonyl (C=O) groups is 2. The van der Waals surface area contributed by atoms with Gasteiger partial charge in [-0.3, -0.25) is 0 Å². The van der Waals surface area contributed by atoms with Crippen LogP contribution in [-0.4, -0.2) is 43.8 Å². The third-order valence-electron chi connectivity index (χ3n) is 3.88. The summed E-state index contributed by atoms with van der Waals surface area (Å²) in [5.74, 6) is -0.187. The Hall–Kier alpha value is -3.62. The predicted octanol–water partition coefficient (Wildman–Crippen LogP) is 3.27. The maximum absolute atomic E-state index is 11.9. The van der Waals surface area contributed by atoms with E-state index in [0.29, 0.717) is 17.3 Å². The van der Waals surface area contributed by atoms with Gasteiger partial charge < -0.3 is 24.9 Å². The van der Waals surface area contributed by atoms with Gasteiger partial charge in [-0.2, -0.15) is 0 Å². The van der Waals surface area contributed by atoms with Gasteiger partial charge in [-0.05, 0) is 44.5 Å². The van der Waals surface area contributed by atoms with Crippen molar-refractivity contribution in [1.82, 2.24) is 20.3 Å². The van der Waals surface area contributed by atoms with Crippen molar-refractivity contribution in [3.8, 4) is 11.6 Å². The molecular formula is C20H22N4O5. The lowest BCUT2D eigenvalue weighted by atomic mass is 10.1. The molecule has 0 aliphatic carbocycles. The lowest BCUT2D eigenvalue weighted by molar-refractivity contribution is -0.139. The molecule has 0 spiro atoms. The fraction of sp³-hybridized carbons (Fsp3) is 0.300. The van der Waals surface area contributed by atoms with Crippen LogP contribution < -0.4 is 10.1 Å². The lowest BCUT2D eigenvalue weighted by Crippen LogP contribution is -2.44. The number of fused-ring (bicyclic) bond motifs is 1. The summed E-state index contributed by atoms with van der Waals surface area (Å²) in [6.45, 7) is 5.12. The fourth-order valence-electron chi connectivity index (χ4n) is 2.62. The smallest absolute Gasteiger partial charge is 0.408 e. The molecule has 0 radical (unpaired) electrons. The molecular weight excluding hydrogens is 376 g/mol. The molecule has 1 aromatic carbocycles. The summed E-state index contributed by atoms with van der Waals surface area (Å²) >= 11 is 0. The molecule has 2 aromatic heterocycles. The van der Waals surface area contributed by atoms with Gasteiger partial charge in [0.1, 0.15) is 29.4 Å². The Kier molecular flexibility index (Phi) is 5.67. The highest BCUT2D eigenvalue weighted by molar-refractivity contribution is 5.81. The Labute approximate surface area is 167 Å². The van der Waals surface area contributed by atoms with E-state index >= 15 is 0 Å². The molecule has 3 N–H and O–H groups in total. The van der Waals surface area contributed by atoms with Gasteiger partial charge in [-0.1, -0.05) is 12.1 Å². The van der Waals surface area contributed by atoms with Crippen LogP contribution >= 0.6 is 0 Å². The van der Waals surface area contributed by atoms with Crippen LogP contribution in [0.4, 0.5) is 4.79 Å². The van der Waals surface area contributed by atoms with Crippen molar-refractivity contribution in [2.75, 3.05) is 0 Å². The summed E-state index contributed by atoms with van der Waals surface area (Å²) in [6.07, 6.45) is 2.48. The summed E-state index contributed by atoms with van der Waals surface area (Å²) in [5, 5.41) is 12.5. The van der Waals surface area contributed by atoms with Crippen LogP contribution in [0.15, 0.2) is 42.9 Å². The van der Waals surface area contributed by atoms with Crippen molar-refractivity contribution in [1.29, 1.82) is 0 Å². The number of hydrogen-bond acceptors (Lipinski definition) is 6. The number of nitrogens with zero attached hydrogens (tertiary/aromatic N) is 2. The Morgan fingerprint density at radius 1 is 1.17 bits per heavy atom. The number of H-pyrrole nitrogens is 1. The molecule has 9 heteroatoms. The quantitative estimate of drug-likeness (QED) is 0.581. The van der Waals surface area contributed by atoms with Gasteiger partial charge in [-0.15, -0.1) is 0 Å². The monoisotopic (exact) mass is 398 g/mol. The number of carbonyl (C=O) groups excluding carboxylic acids is 1. The van der Waals surface area contributed by atoms with E-state index in [1.165, 1.54) is 6.33 Å². The van der Waals surface area contributed by atoms with Gasteiger partial charge in [0.05, 0.1) is 5.39 Å². The molecule has 0 aliphatic heterocycles. The first kappa shape index (κ1) is 20.1. The number of aromatic nitrogens is 3. The van der Waals surface area contributed by atoms with Gasteiger partial charge in [0.25, 0.3) is 0 Å². The Balaban J connectivity index is 1.66. The zero-order valence-corrected chi connectivity index (χ0v) is 16.3. The van der Waals surface area contributed by atoms with Crippen LogP contribution in [0.3, 0.4) is 0 Å². The second-order valence-electron chi connectivity index (χ2n) is 7.41. The molecule has 29 heavy (non-hydrogen) atoms. The first-order chi connectivity index (χ1) is 13.7. The average Bonchev–Trinajstić information content (AvgIpc) is 3.11. The molecule has 3 rings (SSSR count). The van der Waals surface area contributed by atoms with Crippen molar-refractivity contribution in [2.24, 2.45) is 0 Å². The van der Waals surface area contributed by atoms with Crippen LogP contribution in [0.5, 0.6) is 11.6 Å². The van der Waals surface area contributed by atoms with Crippen molar-refractivity contribution in [2.45, 2.75) is 38.8 Å². The molecule has 0 saturated heterocycles. The number of ether oxygens (including phenoxy) is 2. The Morgan fingerprint density at radius 2 is 1.90 bits per heavy atom. The SMILES string of the molecule is CC(C)(C)OC(=O)N[C@@H](Cc1ccc(Oc2ncnc3[nH]ccc23)cc1)C(=O)O. The summed E-state index contributed by atoms with van der Waals surface area (Å²) in [5.41, 5.74) is 0.678. The van der Waals surface area contributed by atoms with Crippen molar-refractivity contribution < 1.29 is 24.2 Å². The molecule has 0 aliphatic rings. The minimum Gasteiger partial charge on any atom is -0.480 e. The van der Waals surface area contributed by atoms with Gasteiger partial charge in [0.15, 0.2) is 0 Å². The maximum Gasteiger partial charge on any atom is 0.408 e. The molecule has 3 aromatic rings. The second-order valence-corrected chi connectivity index (χ2v) is 7.41. The van der Waals surface area contributed by atoms with E-state index in [4.69, 9.17) is 9.47 Å². The van der Waals surface area contributed by atoms with Crippen LogP contribution in [0.25, 0.3) is 11.0 Å². The molecule has 1 amide bonds. The topological polar surface area (TPSA) is 126 Å². The van der Waals surface area contributed by atoms with E-state index in [2.05, 4.69) is 20.3 Å². The highest BCUT2D eigenvalue weighted by Gasteiger charge is 2.24. The number of carboxylic acids is 1. The lowest BCUT2D eigenvalue weighted by Gasteiger charge is -2.22. The largest absolute Gasteiger partial charge is 0.480 e. The van der Waals surface area contributed by atoms with E-state index in [1.54, 1.807) is 51.2 Å². The average molecular weight is 398 g/mol. The molecule has 9 nitrogen and oxygen atoms in total. The number of nitrogens with one attached hydrogen (secondary N) is 2. The van der Waals surface area contributed by atoms with E-state index in [1.807, 2.05) is 6.07 Å². The van der Waals surface area contributed by atoms with Gasteiger partial charge in [0.2, 0.25) is 5.88 Å².